The summed E-state index contributed by atoms with van der Waals surface area (Å²) < 4.78 is 47.2. The first-order chi connectivity index (χ1) is 15.9. The molecule has 33 heavy (non-hydrogen) atoms. The molecule has 2 aromatic heterocycles. The highest BCUT2D eigenvalue weighted by Gasteiger charge is 2.41. The Kier molecular flexibility index (Phi) is 6.59. The van der Waals surface area contributed by atoms with Crippen LogP contribution in [0.25, 0.3) is 5.82 Å². The first kappa shape index (κ1) is 22.7. The second kappa shape index (κ2) is 9.57. The summed E-state index contributed by atoms with van der Waals surface area (Å²) in [6, 6.07) is 12.1. The normalized spacial score (nSPS) is 15.4. The smallest absolute Gasteiger partial charge is 0.434 e. The number of halogens is 3. The number of likely N-dealkylation sites (tertiary alicyclic amines) is 1. The number of alkyl halides is 3. The van der Waals surface area contributed by atoms with Crippen molar-refractivity contribution >= 4 is 5.91 Å². The van der Waals surface area contributed by atoms with Crippen LogP contribution in [0, 0.1) is 0 Å². The predicted octanol–water partition coefficient (Wildman–Crippen LogP) is 3.26. The van der Waals surface area contributed by atoms with Gasteiger partial charge in [-0.1, -0.05) is 30.3 Å². The second-order valence-electron chi connectivity index (χ2n) is 7.63. The highest BCUT2D eigenvalue weighted by atomic mass is 19.4. The number of methoxy groups -OCH3 is 1. The molecule has 0 bridgehead atoms. The first-order valence-corrected chi connectivity index (χ1v) is 10.5. The van der Waals surface area contributed by atoms with Crippen LogP contribution in [-0.4, -0.2) is 57.5 Å². The summed E-state index contributed by atoms with van der Waals surface area (Å²) in [5.41, 5.74) is -0.787. The van der Waals surface area contributed by atoms with Gasteiger partial charge >= 0.3 is 6.18 Å². The Morgan fingerprint density at radius 2 is 1.85 bits per heavy atom. The lowest BCUT2D eigenvalue weighted by Crippen LogP contribution is -2.37. The molecule has 11 heteroatoms. The lowest BCUT2D eigenvalue weighted by Gasteiger charge is -2.28. The molecule has 0 aliphatic carbocycles. The maximum Gasteiger partial charge on any atom is 0.434 e. The van der Waals surface area contributed by atoms with Crippen molar-refractivity contribution in [1.82, 2.24) is 30.2 Å². The Morgan fingerprint density at radius 3 is 2.45 bits per heavy atom. The third-order valence-electron chi connectivity index (χ3n) is 5.56. The Labute approximate surface area is 188 Å². The lowest BCUT2D eigenvalue weighted by molar-refractivity contribution is -0.143. The van der Waals surface area contributed by atoms with E-state index in [1.807, 2.05) is 30.3 Å². The molecule has 1 aliphatic heterocycles. The van der Waals surface area contributed by atoms with E-state index in [0.29, 0.717) is 4.68 Å². The van der Waals surface area contributed by atoms with Gasteiger partial charge in [-0.25, -0.2) is 4.68 Å². The molecule has 1 aromatic carbocycles. The number of hydrogen-bond acceptors (Lipinski definition) is 6. The molecule has 0 spiro atoms. The Bertz CT molecular complexity index is 1080. The fraction of sp³-hybridized carbons (Fsp3) is 0.364. The average Bonchev–Trinajstić information content (AvgIpc) is 3.50. The second-order valence-corrected chi connectivity index (χ2v) is 7.63. The van der Waals surface area contributed by atoms with Gasteiger partial charge in [-0.3, -0.25) is 9.69 Å². The summed E-state index contributed by atoms with van der Waals surface area (Å²) in [5, 5.41) is 13.9. The van der Waals surface area contributed by atoms with Crippen LogP contribution in [0.1, 0.15) is 40.5 Å². The summed E-state index contributed by atoms with van der Waals surface area (Å²) in [6.07, 6.45) is -1.84. The zero-order valence-corrected chi connectivity index (χ0v) is 17.9. The molecule has 3 aromatic rings. The van der Waals surface area contributed by atoms with Gasteiger partial charge < -0.3 is 10.1 Å². The van der Waals surface area contributed by atoms with E-state index in [0.717, 1.165) is 37.7 Å². The van der Waals surface area contributed by atoms with Crippen LogP contribution in [0.5, 0.6) is 5.88 Å². The Hall–Kier alpha value is -3.47. The molecular weight excluding hydrogens is 437 g/mol. The summed E-state index contributed by atoms with van der Waals surface area (Å²) >= 11 is 0. The number of rotatable bonds is 7. The van der Waals surface area contributed by atoms with Gasteiger partial charge in [0.1, 0.15) is 0 Å². The van der Waals surface area contributed by atoms with E-state index >= 15 is 0 Å². The SMILES string of the molecule is COc1ccc(-n2ncc(C(=O)NC[C@@H](c3ccccc3)N3CCCC3)c2C(F)(F)F)nn1. The number of carbonyl (C=O) groups excluding carboxylic acids is 1. The van der Waals surface area contributed by atoms with Crippen molar-refractivity contribution in [1.29, 1.82) is 0 Å². The Balaban J connectivity index is 1.59. The first-order valence-electron chi connectivity index (χ1n) is 10.5. The highest BCUT2D eigenvalue weighted by Crippen LogP contribution is 2.33. The molecule has 174 valence electrons. The van der Waals surface area contributed by atoms with E-state index in [1.54, 1.807) is 0 Å². The van der Waals surface area contributed by atoms with Gasteiger partial charge in [0.15, 0.2) is 11.5 Å². The molecule has 1 aliphatic rings. The molecule has 1 N–H and O–H groups in total. The minimum absolute atomic E-state index is 0.130. The van der Waals surface area contributed by atoms with Crippen LogP contribution in [0.4, 0.5) is 13.2 Å². The number of nitrogens with one attached hydrogen (secondary N) is 1. The topological polar surface area (TPSA) is 85.2 Å². The van der Waals surface area contributed by atoms with E-state index in [9.17, 15) is 18.0 Å². The minimum atomic E-state index is -4.83. The van der Waals surface area contributed by atoms with E-state index in [1.165, 1.54) is 19.2 Å². The van der Waals surface area contributed by atoms with Gasteiger partial charge in [-0.15, -0.1) is 10.2 Å². The molecule has 1 amide bonds. The standard InChI is InChI=1S/C22H23F3N6O2/c1-33-19-10-9-18(28-29-19)31-20(22(23,24)25)16(13-27-31)21(32)26-14-17(30-11-5-6-12-30)15-7-3-2-4-8-15/h2-4,7-10,13,17H,5-6,11-12,14H2,1H3,(H,26,32)/t17-/m0/s1. The Morgan fingerprint density at radius 1 is 1.12 bits per heavy atom. The summed E-state index contributed by atoms with van der Waals surface area (Å²) in [4.78, 5) is 15.1. The molecule has 4 rings (SSSR count). The largest absolute Gasteiger partial charge is 0.480 e. The van der Waals surface area contributed by atoms with Crippen molar-refractivity contribution in [2.24, 2.45) is 0 Å². The molecular formula is C22H23F3N6O2. The van der Waals surface area contributed by atoms with Crippen LogP contribution in [0.3, 0.4) is 0 Å². The molecule has 0 unspecified atom stereocenters. The fourth-order valence-corrected chi connectivity index (χ4v) is 3.97. The summed E-state index contributed by atoms with van der Waals surface area (Å²) in [5.74, 6) is -0.886. The number of nitrogens with zero attached hydrogens (tertiary/aromatic N) is 5. The fourth-order valence-electron chi connectivity index (χ4n) is 3.97. The summed E-state index contributed by atoms with van der Waals surface area (Å²) in [7, 11) is 1.37. The van der Waals surface area contributed by atoms with Crippen LogP contribution in [0.15, 0.2) is 48.7 Å². The van der Waals surface area contributed by atoms with E-state index in [2.05, 4.69) is 25.5 Å². The van der Waals surface area contributed by atoms with Crippen molar-refractivity contribution in [3.05, 3.63) is 65.5 Å². The lowest BCUT2D eigenvalue weighted by atomic mass is 10.1. The molecule has 1 atom stereocenters. The third-order valence-corrected chi connectivity index (χ3v) is 5.56. The van der Waals surface area contributed by atoms with Crippen LogP contribution in [0.2, 0.25) is 0 Å². The molecule has 1 fully saturated rings. The van der Waals surface area contributed by atoms with Crippen molar-refractivity contribution in [2.75, 3.05) is 26.7 Å². The number of aromatic nitrogens is 4. The van der Waals surface area contributed by atoms with E-state index in [-0.39, 0.29) is 24.3 Å². The van der Waals surface area contributed by atoms with Crippen molar-refractivity contribution in [3.63, 3.8) is 0 Å². The van der Waals surface area contributed by atoms with Gasteiger partial charge in [0, 0.05) is 12.6 Å². The quantitative estimate of drug-likeness (QED) is 0.583. The number of hydrogen-bond donors (Lipinski definition) is 1. The predicted molar refractivity (Wildman–Crippen MR) is 113 cm³/mol. The van der Waals surface area contributed by atoms with Gasteiger partial charge in [-0.2, -0.15) is 18.3 Å². The molecule has 8 nitrogen and oxygen atoms in total. The van der Waals surface area contributed by atoms with E-state index < -0.39 is 23.3 Å². The van der Waals surface area contributed by atoms with Crippen molar-refractivity contribution in [3.8, 4) is 11.7 Å². The van der Waals surface area contributed by atoms with Crippen molar-refractivity contribution < 1.29 is 22.7 Å². The number of benzene rings is 1. The zero-order chi connectivity index (χ0) is 23.4. The summed E-state index contributed by atoms with van der Waals surface area (Å²) in [6.45, 7) is 1.92. The average molecular weight is 460 g/mol. The van der Waals surface area contributed by atoms with Crippen LogP contribution >= 0.6 is 0 Å². The minimum Gasteiger partial charge on any atom is -0.480 e. The van der Waals surface area contributed by atoms with Crippen molar-refractivity contribution in [2.45, 2.75) is 25.1 Å². The van der Waals surface area contributed by atoms with Gasteiger partial charge in [-0.05, 0) is 37.6 Å². The molecule has 0 radical (unpaired) electrons. The monoisotopic (exact) mass is 460 g/mol. The highest BCUT2D eigenvalue weighted by molar-refractivity contribution is 5.95. The maximum absolute atomic E-state index is 13.9. The number of carbonyl (C=O) groups is 1. The van der Waals surface area contributed by atoms with E-state index in [4.69, 9.17) is 4.74 Å². The zero-order valence-electron chi connectivity index (χ0n) is 17.9. The van der Waals surface area contributed by atoms with Crippen LogP contribution in [-0.2, 0) is 6.18 Å². The maximum atomic E-state index is 13.9. The third kappa shape index (κ3) is 4.98. The molecule has 0 saturated carbocycles. The van der Waals surface area contributed by atoms with Gasteiger partial charge in [0.2, 0.25) is 5.88 Å². The molecule has 3 heterocycles. The van der Waals surface area contributed by atoms with Gasteiger partial charge in [0.25, 0.3) is 5.91 Å². The molecule has 1 saturated heterocycles. The number of amides is 1. The van der Waals surface area contributed by atoms with Gasteiger partial charge in [0.05, 0.1) is 24.9 Å². The van der Waals surface area contributed by atoms with Crippen LogP contribution < -0.4 is 10.1 Å². The number of ether oxygens (including phenoxy) is 1.